The van der Waals surface area contributed by atoms with Gasteiger partial charge in [-0.1, -0.05) is 31.9 Å². The first-order chi connectivity index (χ1) is 8.11. The molecule has 0 saturated heterocycles. The van der Waals surface area contributed by atoms with Gasteiger partial charge in [-0.15, -0.1) is 0 Å². The van der Waals surface area contributed by atoms with E-state index in [-0.39, 0.29) is 11.9 Å². The quantitative estimate of drug-likeness (QED) is 0.743. The third-order valence-electron chi connectivity index (χ3n) is 2.71. The van der Waals surface area contributed by atoms with Gasteiger partial charge in [-0.3, -0.25) is 4.79 Å². The molecule has 1 aromatic rings. The van der Waals surface area contributed by atoms with Crippen LogP contribution in [-0.4, -0.2) is 11.9 Å². The lowest BCUT2D eigenvalue weighted by Crippen LogP contribution is -2.33. The molecule has 1 unspecified atom stereocenters. The highest BCUT2D eigenvalue weighted by Crippen LogP contribution is 2.07. The largest absolute Gasteiger partial charge is 0.399 e. The lowest BCUT2D eigenvalue weighted by atomic mass is 10.1. The lowest BCUT2D eigenvalue weighted by molar-refractivity contribution is -0.121. The van der Waals surface area contributed by atoms with Crippen molar-refractivity contribution in [1.29, 1.82) is 0 Å². The van der Waals surface area contributed by atoms with Crippen molar-refractivity contribution in [2.75, 3.05) is 5.73 Å². The average Bonchev–Trinajstić information content (AvgIpc) is 2.26. The third kappa shape index (κ3) is 5.38. The van der Waals surface area contributed by atoms with Crippen molar-refractivity contribution in [3.63, 3.8) is 0 Å². The van der Waals surface area contributed by atoms with Gasteiger partial charge in [0.1, 0.15) is 0 Å². The molecule has 0 aromatic heterocycles. The number of hydrogen-bond acceptors (Lipinski definition) is 2. The van der Waals surface area contributed by atoms with Crippen molar-refractivity contribution < 1.29 is 4.79 Å². The van der Waals surface area contributed by atoms with Crippen LogP contribution in [0.15, 0.2) is 24.3 Å². The smallest absolute Gasteiger partial charge is 0.224 e. The topological polar surface area (TPSA) is 55.1 Å². The van der Waals surface area contributed by atoms with Crippen LogP contribution in [0.3, 0.4) is 0 Å². The maximum absolute atomic E-state index is 11.7. The maximum Gasteiger partial charge on any atom is 0.224 e. The summed E-state index contributed by atoms with van der Waals surface area (Å²) >= 11 is 0. The molecule has 1 atom stereocenters. The van der Waals surface area contributed by atoms with Gasteiger partial charge in [0.2, 0.25) is 5.91 Å². The standard InChI is InChI=1S/C14H22N2O/c1-3-4-6-11(2)16-14(17)10-12-7-5-8-13(15)9-12/h5,7-9,11H,3-4,6,10,15H2,1-2H3,(H,16,17). The zero-order chi connectivity index (χ0) is 12.7. The van der Waals surface area contributed by atoms with Crippen molar-refractivity contribution in [3.8, 4) is 0 Å². The Morgan fingerprint density at radius 1 is 1.47 bits per heavy atom. The zero-order valence-corrected chi connectivity index (χ0v) is 10.7. The van der Waals surface area contributed by atoms with Crippen LogP contribution in [-0.2, 0) is 11.2 Å². The van der Waals surface area contributed by atoms with Gasteiger partial charge in [0.05, 0.1) is 6.42 Å². The summed E-state index contributed by atoms with van der Waals surface area (Å²) in [7, 11) is 0. The van der Waals surface area contributed by atoms with E-state index >= 15 is 0 Å². The molecule has 3 N–H and O–H groups in total. The summed E-state index contributed by atoms with van der Waals surface area (Å²) in [6.07, 6.45) is 3.76. The molecular weight excluding hydrogens is 212 g/mol. The number of amides is 1. The van der Waals surface area contributed by atoms with Gasteiger partial charge >= 0.3 is 0 Å². The summed E-state index contributed by atoms with van der Waals surface area (Å²) in [6, 6.07) is 7.72. The average molecular weight is 234 g/mol. The van der Waals surface area contributed by atoms with E-state index in [2.05, 4.69) is 12.2 Å². The molecule has 0 aliphatic rings. The summed E-state index contributed by atoms with van der Waals surface area (Å²) in [5.41, 5.74) is 7.34. The molecular formula is C14H22N2O. The van der Waals surface area contributed by atoms with Gasteiger partial charge in [-0.2, -0.15) is 0 Å². The van der Waals surface area contributed by atoms with Crippen molar-refractivity contribution in [1.82, 2.24) is 5.32 Å². The van der Waals surface area contributed by atoms with Crippen LogP contribution in [0.1, 0.15) is 38.7 Å². The van der Waals surface area contributed by atoms with Crippen LogP contribution < -0.4 is 11.1 Å². The minimum absolute atomic E-state index is 0.0687. The Balaban J connectivity index is 2.39. The molecule has 3 nitrogen and oxygen atoms in total. The fraction of sp³-hybridized carbons (Fsp3) is 0.500. The first-order valence-electron chi connectivity index (χ1n) is 6.25. The number of rotatable bonds is 6. The van der Waals surface area contributed by atoms with E-state index in [1.165, 1.54) is 0 Å². The summed E-state index contributed by atoms with van der Waals surface area (Å²) in [4.78, 5) is 11.7. The van der Waals surface area contributed by atoms with Gasteiger partial charge in [0.15, 0.2) is 0 Å². The monoisotopic (exact) mass is 234 g/mol. The number of nitrogens with two attached hydrogens (primary N) is 1. The Hall–Kier alpha value is -1.51. The summed E-state index contributed by atoms with van der Waals surface area (Å²) in [5.74, 6) is 0.0687. The molecule has 0 aliphatic carbocycles. The molecule has 0 fully saturated rings. The highest BCUT2D eigenvalue weighted by Gasteiger charge is 2.07. The van der Waals surface area contributed by atoms with Crippen LogP contribution in [0.4, 0.5) is 5.69 Å². The second-order valence-electron chi connectivity index (χ2n) is 4.53. The normalized spacial score (nSPS) is 12.1. The van der Waals surface area contributed by atoms with Crippen LogP contribution in [0.2, 0.25) is 0 Å². The SMILES string of the molecule is CCCCC(C)NC(=O)Cc1cccc(N)c1. The number of benzene rings is 1. The highest BCUT2D eigenvalue weighted by molar-refractivity contribution is 5.79. The number of nitrogens with one attached hydrogen (secondary N) is 1. The van der Waals surface area contributed by atoms with E-state index < -0.39 is 0 Å². The van der Waals surface area contributed by atoms with Gasteiger partial charge < -0.3 is 11.1 Å². The Bertz CT molecular complexity index is 363. The van der Waals surface area contributed by atoms with E-state index in [0.717, 1.165) is 24.8 Å². The van der Waals surface area contributed by atoms with Gasteiger partial charge in [0, 0.05) is 11.7 Å². The molecule has 0 spiro atoms. The zero-order valence-electron chi connectivity index (χ0n) is 10.7. The lowest BCUT2D eigenvalue weighted by Gasteiger charge is -2.13. The predicted octanol–water partition coefficient (Wildman–Crippen LogP) is 2.51. The van der Waals surface area contributed by atoms with E-state index in [9.17, 15) is 4.79 Å². The minimum atomic E-state index is 0.0687. The summed E-state index contributed by atoms with van der Waals surface area (Å²) in [5, 5.41) is 3.00. The van der Waals surface area contributed by atoms with Crippen molar-refractivity contribution in [2.24, 2.45) is 0 Å². The maximum atomic E-state index is 11.7. The number of carbonyl (C=O) groups excluding carboxylic acids is 1. The van der Waals surface area contributed by atoms with E-state index in [0.29, 0.717) is 12.1 Å². The van der Waals surface area contributed by atoms with E-state index in [1.807, 2.05) is 31.2 Å². The van der Waals surface area contributed by atoms with Crippen LogP contribution in [0.5, 0.6) is 0 Å². The Labute approximate surface area is 103 Å². The molecule has 0 heterocycles. The molecule has 1 amide bonds. The first-order valence-corrected chi connectivity index (χ1v) is 6.25. The van der Waals surface area contributed by atoms with Gasteiger partial charge in [-0.05, 0) is 31.0 Å². The molecule has 1 aromatic carbocycles. The Kier molecular flexibility index (Phi) is 5.53. The summed E-state index contributed by atoms with van der Waals surface area (Å²) < 4.78 is 0. The van der Waals surface area contributed by atoms with E-state index in [4.69, 9.17) is 5.73 Å². The molecule has 0 radical (unpaired) electrons. The second-order valence-corrected chi connectivity index (χ2v) is 4.53. The predicted molar refractivity (Wildman–Crippen MR) is 71.7 cm³/mol. The van der Waals surface area contributed by atoms with Gasteiger partial charge in [-0.25, -0.2) is 0 Å². The Morgan fingerprint density at radius 2 is 2.24 bits per heavy atom. The third-order valence-corrected chi connectivity index (χ3v) is 2.71. The number of anilines is 1. The van der Waals surface area contributed by atoms with Gasteiger partial charge in [0.25, 0.3) is 0 Å². The van der Waals surface area contributed by atoms with Crippen LogP contribution in [0, 0.1) is 0 Å². The minimum Gasteiger partial charge on any atom is -0.399 e. The number of unbranched alkanes of at least 4 members (excludes halogenated alkanes) is 1. The molecule has 17 heavy (non-hydrogen) atoms. The Morgan fingerprint density at radius 3 is 2.88 bits per heavy atom. The molecule has 0 bridgehead atoms. The van der Waals surface area contributed by atoms with Crippen LogP contribution in [0.25, 0.3) is 0 Å². The fourth-order valence-electron chi connectivity index (χ4n) is 1.80. The molecule has 0 aliphatic heterocycles. The fourth-order valence-corrected chi connectivity index (χ4v) is 1.80. The molecule has 0 saturated carbocycles. The summed E-state index contributed by atoms with van der Waals surface area (Å²) in [6.45, 7) is 4.20. The number of hydrogen-bond donors (Lipinski definition) is 2. The number of nitrogen functional groups attached to an aromatic ring is 1. The highest BCUT2D eigenvalue weighted by atomic mass is 16.1. The second kappa shape index (κ2) is 6.94. The number of carbonyl (C=O) groups is 1. The van der Waals surface area contributed by atoms with E-state index in [1.54, 1.807) is 0 Å². The molecule has 3 heteroatoms. The molecule has 1 rings (SSSR count). The molecule has 94 valence electrons. The van der Waals surface area contributed by atoms with Crippen molar-refractivity contribution in [2.45, 2.75) is 45.6 Å². The van der Waals surface area contributed by atoms with Crippen molar-refractivity contribution >= 4 is 11.6 Å². The van der Waals surface area contributed by atoms with Crippen LogP contribution >= 0.6 is 0 Å². The first kappa shape index (κ1) is 13.6. The van der Waals surface area contributed by atoms with Crippen molar-refractivity contribution in [3.05, 3.63) is 29.8 Å².